The van der Waals surface area contributed by atoms with Gasteiger partial charge in [-0.15, -0.1) is 4.72 Å². The summed E-state index contributed by atoms with van der Waals surface area (Å²) in [5, 5.41) is 6.48. The molecule has 6 nitrogen and oxygen atoms in total. The van der Waals surface area contributed by atoms with Gasteiger partial charge in [-0.2, -0.15) is 0 Å². The van der Waals surface area contributed by atoms with Gasteiger partial charge in [0.25, 0.3) is 0 Å². The van der Waals surface area contributed by atoms with Gasteiger partial charge in [0.1, 0.15) is 5.78 Å². The molecule has 1 saturated heterocycles. The van der Waals surface area contributed by atoms with Crippen molar-refractivity contribution >= 4 is 23.1 Å². The van der Waals surface area contributed by atoms with Crippen LogP contribution < -0.4 is 15.4 Å². The number of Topliss-reactive ketones (excluding diaryl/α,β-unsaturated/α-hetero) is 1. The van der Waals surface area contributed by atoms with Crippen LogP contribution in [0.15, 0.2) is 89.8 Å². The fourth-order valence-corrected chi connectivity index (χ4v) is 5.62. The van der Waals surface area contributed by atoms with Gasteiger partial charge in [0.05, 0.1) is 23.3 Å². The lowest BCUT2D eigenvalue weighted by Gasteiger charge is -2.30. The highest BCUT2D eigenvalue weighted by atomic mass is 32.2. The molecule has 1 fully saturated rings. The SMILES string of the molecule is CC(=O)Cc1ccc([S+]([O-])N[C@H]2CNC[C@@H](C(=O)NCC(c3ccccc3)c3ccccc3)C2)cc1. The maximum absolute atomic E-state index is 13.1. The molecule has 1 heterocycles. The van der Waals surface area contributed by atoms with Crippen LogP contribution in [0.2, 0.25) is 0 Å². The molecule has 7 heteroatoms. The van der Waals surface area contributed by atoms with E-state index in [1.807, 2.05) is 48.5 Å². The number of carbonyl (C=O) groups is 2. The van der Waals surface area contributed by atoms with Gasteiger partial charge in [-0.25, -0.2) is 0 Å². The molecule has 0 saturated carbocycles. The Hall–Kier alpha value is -2.97. The minimum Gasteiger partial charge on any atom is -0.593 e. The van der Waals surface area contributed by atoms with E-state index in [0.717, 1.165) is 16.7 Å². The Morgan fingerprint density at radius 2 is 1.56 bits per heavy atom. The minimum absolute atomic E-state index is 0.00484. The van der Waals surface area contributed by atoms with E-state index in [-0.39, 0.29) is 29.6 Å². The Morgan fingerprint density at radius 3 is 2.14 bits per heavy atom. The second-order valence-corrected chi connectivity index (χ2v) is 10.6. The Balaban J connectivity index is 1.33. The van der Waals surface area contributed by atoms with Crippen LogP contribution in [0.5, 0.6) is 0 Å². The molecule has 3 aromatic carbocycles. The van der Waals surface area contributed by atoms with Gasteiger partial charge in [-0.05, 0) is 42.2 Å². The summed E-state index contributed by atoms with van der Waals surface area (Å²) in [6.07, 6.45) is 0.980. The minimum atomic E-state index is -1.40. The molecular formula is C29H33N3O3S. The van der Waals surface area contributed by atoms with Crippen LogP contribution in [0, 0.1) is 5.92 Å². The Labute approximate surface area is 216 Å². The van der Waals surface area contributed by atoms with Crippen molar-refractivity contribution in [2.45, 2.75) is 36.6 Å². The number of carbonyl (C=O) groups excluding carboxylic acids is 2. The van der Waals surface area contributed by atoms with Gasteiger partial charge >= 0.3 is 0 Å². The largest absolute Gasteiger partial charge is 0.593 e. The van der Waals surface area contributed by atoms with Crippen molar-refractivity contribution in [1.29, 1.82) is 0 Å². The fourth-order valence-electron chi connectivity index (χ4n) is 4.62. The molecule has 0 aliphatic carbocycles. The van der Waals surface area contributed by atoms with Crippen molar-refractivity contribution in [3.8, 4) is 0 Å². The maximum Gasteiger partial charge on any atom is 0.224 e. The predicted molar refractivity (Wildman–Crippen MR) is 143 cm³/mol. The van der Waals surface area contributed by atoms with Crippen LogP contribution in [0.4, 0.5) is 0 Å². The predicted octanol–water partition coefficient (Wildman–Crippen LogP) is 3.36. The first-order valence-electron chi connectivity index (χ1n) is 12.3. The van der Waals surface area contributed by atoms with Crippen LogP contribution in [0.25, 0.3) is 0 Å². The summed E-state index contributed by atoms with van der Waals surface area (Å²) in [4.78, 5) is 25.1. The second-order valence-electron chi connectivity index (χ2n) is 9.32. The number of amides is 1. The van der Waals surface area contributed by atoms with Gasteiger partial charge in [0, 0.05) is 32.0 Å². The number of benzene rings is 3. The zero-order valence-electron chi connectivity index (χ0n) is 20.5. The normalized spacial score (nSPS) is 18.5. The standard InChI is InChI=1S/C29H33N3O3S/c1-21(33)16-22-12-14-27(15-13-22)36(35)32-26-17-25(18-30-19-26)29(34)31-20-28(23-8-4-2-5-9-23)24-10-6-3-7-11-24/h2-15,25-26,28,30,32H,16-20H2,1H3,(H,31,34)/t25-,26+,36?/m0/s1. The average Bonchev–Trinajstić information content (AvgIpc) is 2.90. The van der Waals surface area contributed by atoms with Crippen LogP contribution in [-0.2, 0) is 27.4 Å². The Bertz CT molecular complexity index is 1090. The van der Waals surface area contributed by atoms with E-state index >= 15 is 0 Å². The molecule has 4 rings (SSSR count). The third kappa shape index (κ3) is 7.27. The van der Waals surface area contributed by atoms with E-state index in [1.54, 1.807) is 19.1 Å². The number of nitrogens with one attached hydrogen (secondary N) is 3. The van der Waals surface area contributed by atoms with Gasteiger partial charge in [0.2, 0.25) is 5.91 Å². The lowest BCUT2D eigenvalue weighted by Crippen LogP contribution is -2.52. The van der Waals surface area contributed by atoms with Crippen molar-refractivity contribution in [2.24, 2.45) is 5.92 Å². The molecular weight excluding hydrogens is 470 g/mol. The maximum atomic E-state index is 13.1. The zero-order valence-corrected chi connectivity index (χ0v) is 21.3. The van der Waals surface area contributed by atoms with E-state index in [4.69, 9.17) is 0 Å². The van der Waals surface area contributed by atoms with Crippen molar-refractivity contribution in [2.75, 3.05) is 19.6 Å². The summed E-state index contributed by atoms with van der Waals surface area (Å²) >= 11 is -1.40. The highest BCUT2D eigenvalue weighted by Crippen LogP contribution is 2.24. The van der Waals surface area contributed by atoms with Crippen molar-refractivity contribution in [3.05, 3.63) is 102 Å². The molecule has 1 amide bonds. The zero-order chi connectivity index (χ0) is 25.3. The summed E-state index contributed by atoms with van der Waals surface area (Å²) in [6.45, 7) is 3.31. The quantitative estimate of drug-likeness (QED) is 0.369. The van der Waals surface area contributed by atoms with Gasteiger partial charge < -0.3 is 15.2 Å². The number of ketones is 1. The molecule has 1 unspecified atom stereocenters. The molecule has 3 atom stereocenters. The summed E-state index contributed by atoms with van der Waals surface area (Å²) in [5.74, 6) is -0.0395. The summed E-state index contributed by atoms with van der Waals surface area (Å²) in [7, 11) is 0. The second kappa shape index (κ2) is 12.8. The third-order valence-corrected chi connectivity index (χ3v) is 7.72. The monoisotopic (exact) mass is 503 g/mol. The first kappa shape index (κ1) is 26.1. The van der Waals surface area contributed by atoms with Crippen LogP contribution >= 0.6 is 0 Å². The highest BCUT2D eigenvalue weighted by Gasteiger charge is 2.30. The average molecular weight is 504 g/mol. The Kier molecular flexibility index (Phi) is 9.30. The molecule has 1 aliphatic heterocycles. The van der Waals surface area contributed by atoms with Crippen molar-refractivity contribution in [1.82, 2.24) is 15.4 Å². The number of hydrogen-bond donors (Lipinski definition) is 3. The number of rotatable bonds is 10. The lowest BCUT2D eigenvalue weighted by atomic mass is 9.90. The molecule has 3 aromatic rings. The van der Waals surface area contributed by atoms with E-state index in [9.17, 15) is 14.1 Å². The summed E-state index contributed by atoms with van der Waals surface area (Å²) in [5.41, 5.74) is 3.23. The van der Waals surface area contributed by atoms with Crippen molar-refractivity contribution < 1.29 is 14.1 Å². The van der Waals surface area contributed by atoms with Gasteiger partial charge in [-0.1, -0.05) is 72.8 Å². The van der Waals surface area contributed by atoms with Gasteiger partial charge in [-0.3, -0.25) is 9.59 Å². The van der Waals surface area contributed by atoms with E-state index in [1.165, 1.54) is 0 Å². The number of piperidine rings is 1. The van der Waals surface area contributed by atoms with Crippen molar-refractivity contribution in [3.63, 3.8) is 0 Å². The molecule has 0 radical (unpaired) electrons. The first-order valence-corrected chi connectivity index (χ1v) is 13.5. The van der Waals surface area contributed by atoms with E-state index in [0.29, 0.717) is 37.4 Å². The molecule has 3 N–H and O–H groups in total. The van der Waals surface area contributed by atoms with Crippen LogP contribution in [-0.4, -0.2) is 41.9 Å². The Morgan fingerprint density at radius 1 is 0.944 bits per heavy atom. The molecule has 0 bridgehead atoms. The molecule has 0 aromatic heterocycles. The third-order valence-electron chi connectivity index (χ3n) is 6.47. The smallest absolute Gasteiger partial charge is 0.224 e. The highest BCUT2D eigenvalue weighted by molar-refractivity contribution is 7.89. The van der Waals surface area contributed by atoms with Crippen LogP contribution in [0.1, 0.15) is 36.0 Å². The van der Waals surface area contributed by atoms with Crippen LogP contribution in [0.3, 0.4) is 0 Å². The lowest BCUT2D eigenvalue weighted by molar-refractivity contribution is -0.125. The molecule has 36 heavy (non-hydrogen) atoms. The first-order chi connectivity index (χ1) is 17.5. The molecule has 188 valence electrons. The molecule has 1 aliphatic rings. The molecule has 0 spiro atoms. The summed E-state index contributed by atoms with van der Waals surface area (Å²) < 4.78 is 16.0. The topological polar surface area (TPSA) is 93.3 Å². The van der Waals surface area contributed by atoms with E-state index in [2.05, 4.69) is 39.6 Å². The number of hydrogen-bond acceptors (Lipinski definition) is 5. The van der Waals surface area contributed by atoms with Gasteiger partial charge in [0.15, 0.2) is 4.90 Å². The fraction of sp³-hybridized carbons (Fsp3) is 0.310. The summed E-state index contributed by atoms with van der Waals surface area (Å²) in [6, 6.07) is 27.6. The van der Waals surface area contributed by atoms with E-state index < -0.39 is 11.4 Å².